The van der Waals surface area contributed by atoms with E-state index in [9.17, 15) is 13.2 Å². The lowest BCUT2D eigenvalue weighted by atomic mass is 10.2. The van der Waals surface area contributed by atoms with E-state index in [1.807, 2.05) is 17.0 Å². The minimum absolute atomic E-state index is 0.238. The van der Waals surface area contributed by atoms with Gasteiger partial charge in [0, 0.05) is 63.7 Å². The number of hydrogen-bond acceptors (Lipinski definition) is 5. The van der Waals surface area contributed by atoms with Crippen molar-refractivity contribution >= 4 is 11.5 Å². The number of piperazine rings is 1. The van der Waals surface area contributed by atoms with Crippen LogP contribution in [0.4, 0.5) is 19.0 Å². The Kier molecular flexibility index (Phi) is 4.23. The lowest BCUT2D eigenvalue weighted by Gasteiger charge is -2.35. The molecule has 0 spiro atoms. The molecule has 1 aliphatic rings. The summed E-state index contributed by atoms with van der Waals surface area (Å²) < 4.78 is 40.2. The average molecular weight is 362 g/mol. The third-order valence-corrected chi connectivity index (χ3v) is 4.47. The number of aromatic nitrogens is 4. The second kappa shape index (κ2) is 6.56. The average Bonchev–Trinajstić information content (AvgIpc) is 3.08. The van der Waals surface area contributed by atoms with Crippen molar-refractivity contribution in [2.24, 2.45) is 0 Å². The summed E-state index contributed by atoms with van der Waals surface area (Å²) in [7, 11) is 0. The van der Waals surface area contributed by atoms with Gasteiger partial charge in [-0.2, -0.15) is 13.2 Å². The number of nitrogens with zero attached hydrogens (tertiary/aromatic N) is 6. The van der Waals surface area contributed by atoms with Crippen LogP contribution in [0.3, 0.4) is 0 Å². The fraction of sp³-hybridized carbons (Fsp3) is 0.353. The van der Waals surface area contributed by atoms with Crippen molar-refractivity contribution in [3.63, 3.8) is 0 Å². The Morgan fingerprint density at radius 2 is 1.73 bits per heavy atom. The van der Waals surface area contributed by atoms with Crippen molar-refractivity contribution in [3.05, 3.63) is 54.4 Å². The van der Waals surface area contributed by atoms with Gasteiger partial charge in [-0.1, -0.05) is 0 Å². The van der Waals surface area contributed by atoms with Gasteiger partial charge in [0.05, 0.1) is 0 Å². The molecule has 3 aromatic rings. The van der Waals surface area contributed by atoms with Gasteiger partial charge in [0.2, 0.25) is 0 Å². The quantitative estimate of drug-likeness (QED) is 0.716. The summed E-state index contributed by atoms with van der Waals surface area (Å²) in [4.78, 5) is 16.4. The highest BCUT2D eigenvalue weighted by molar-refractivity contribution is 5.64. The molecule has 0 N–H and O–H groups in total. The van der Waals surface area contributed by atoms with Gasteiger partial charge in [0.1, 0.15) is 0 Å². The Labute approximate surface area is 147 Å². The molecule has 26 heavy (non-hydrogen) atoms. The summed E-state index contributed by atoms with van der Waals surface area (Å²) in [5.74, 6) is 0.492. The first-order chi connectivity index (χ1) is 12.5. The molecule has 0 unspecified atom stereocenters. The van der Waals surface area contributed by atoms with Gasteiger partial charge in [-0.25, -0.2) is 9.97 Å². The van der Waals surface area contributed by atoms with E-state index in [1.54, 1.807) is 12.4 Å². The van der Waals surface area contributed by atoms with Gasteiger partial charge in [0.25, 0.3) is 0 Å². The standard InChI is InChI=1S/C17H17F3N6/c18-17(19,20)14-12-26-6-5-22-15(16(26)23-14)25-9-7-24(8-10-25)11-13-1-3-21-4-2-13/h1-6,12H,7-11H2. The predicted octanol–water partition coefficient (Wildman–Crippen LogP) is 2.47. The van der Waals surface area contributed by atoms with Crippen LogP contribution in [0.2, 0.25) is 0 Å². The van der Waals surface area contributed by atoms with Crippen molar-refractivity contribution in [2.45, 2.75) is 12.7 Å². The Balaban J connectivity index is 1.50. The molecule has 0 aromatic carbocycles. The highest BCUT2D eigenvalue weighted by Gasteiger charge is 2.34. The first kappa shape index (κ1) is 16.8. The molecule has 1 fully saturated rings. The zero-order valence-corrected chi connectivity index (χ0v) is 13.9. The van der Waals surface area contributed by atoms with Crippen molar-refractivity contribution in [1.29, 1.82) is 0 Å². The van der Waals surface area contributed by atoms with Crippen LogP contribution in [0.15, 0.2) is 43.1 Å². The Hall–Kier alpha value is -2.68. The van der Waals surface area contributed by atoms with E-state index < -0.39 is 11.9 Å². The Morgan fingerprint density at radius 1 is 1.00 bits per heavy atom. The second-order valence-electron chi connectivity index (χ2n) is 6.22. The van der Waals surface area contributed by atoms with Gasteiger partial charge in [-0.15, -0.1) is 0 Å². The minimum Gasteiger partial charge on any atom is -0.351 e. The summed E-state index contributed by atoms with van der Waals surface area (Å²) in [5, 5.41) is 0. The van der Waals surface area contributed by atoms with Gasteiger partial charge >= 0.3 is 6.18 Å². The number of hydrogen-bond donors (Lipinski definition) is 0. The number of imidazole rings is 1. The van der Waals surface area contributed by atoms with Crippen molar-refractivity contribution in [3.8, 4) is 0 Å². The molecule has 3 aromatic heterocycles. The molecule has 136 valence electrons. The molecule has 0 radical (unpaired) electrons. The Morgan fingerprint density at radius 3 is 2.42 bits per heavy atom. The zero-order valence-electron chi connectivity index (χ0n) is 13.9. The van der Waals surface area contributed by atoms with E-state index in [4.69, 9.17) is 0 Å². The second-order valence-corrected chi connectivity index (χ2v) is 6.22. The molecule has 0 atom stereocenters. The molecule has 6 nitrogen and oxygen atoms in total. The van der Waals surface area contributed by atoms with E-state index >= 15 is 0 Å². The normalized spacial score (nSPS) is 16.3. The molecule has 1 aliphatic heterocycles. The third kappa shape index (κ3) is 3.34. The number of rotatable bonds is 3. The van der Waals surface area contributed by atoms with E-state index in [0.29, 0.717) is 18.9 Å². The van der Waals surface area contributed by atoms with Gasteiger partial charge in [-0.05, 0) is 17.7 Å². The number of halogens is 3. The van der Waals surface area contributed by atoms with Crippen LogP contribution in [0.5, 0.6) is 0 Å². The van der Waals surface area contributed by atoms with Crippen LogP contribution in [-0.4, -0.2) is 50.4 Å². The van der Waals surface area contributed by atoms with E-state index in [-0.39, 0.29) is 5.65 Å². The topological polar surface area (TPSA) is 49.6 Å². The molecule has 0 saturated carbocycles. The van der Waals surface area contributed by atoms with Crippen LogP contribution in [0.25, 0.3) is 5.65 Å². The van der Waals surface area contributed by atoms with E-state index in [1.165, 1.54) is 22.4 Å². The Bertz CT molecular complexity index is 884. The van der Waals surface area contributed by atoms with Crippen LogP contribution in [0.1, 0.15) is 11.3 Å². The molecule has 4 heterocycles. The third-order valence-electron chi connectivity index (χ3n) is 4.47. The van der Waals surface area contributed by atoms with Crippen molar-refractivity contribution in [2.75, 3.05) is 31.1 Å². The summed E-state index contributed by atoms with van der Waals surface area (Å²) in [5.41, 5.74) is 0.530. The van der Waals surface area contributed by atoms with Gasteiger partial charge in [0.15, 0.2) is 17.2 Å². The first-order valence-electron chi connectivity index (χ1n) is 8.28. The lowest BCUT2D eigenvalue weighted by Crippen LogP contribution is -2.46. The first-order valence-corrected chi connectivity index (χ1v) is 8.28. The maximum atomic E-state index is 12.9. The fourth-order valence-corrected chi connectivity index (χ4v) is 3.13. The largest absolute Gasteiger partial charge is 0.434 e. The number of anilines is 1. The SMILES string of the molecule is FC(F)(F)c1cn2ccnc(N3CCN(Cc4ccncc4)CC3)c2n1. The van der Waals surface area contributed by atoms with E-state index in [2.05, 4.69) is 19.9 Å². The van der Waals surface area contributed by atoms with Crippen LogP contribution in [-0.2, 0) is 12.7 Å². The van der Waals surface area contributed by atoms with Crippen LogP contribution >= 0.6 is 0 Å². The van der Waals surface area contributed by atoms with Gasteiger partial charge in [-0.3, -0.25) is 9.88 Å². The van der Waals surface area contributed by atoms with Crippen molar-refractivity contribution in [1.82, 2.24) is 24.3 Å². The molecule has 1 saturated heterocycles. The van der Waals surface area contributed by atoms with Crippen molar-refractivity contribution < 1.29 is 13.2 Å². The molecular formula is C17H17F3N6. The zero-order chi connectivity index (χ0) is 18.1. The summed E-state index contributed by atoms with van der Waals surface area (Å²) in [6.07, 6.45) is 3.07. The lowest BCUT2D eigenvalue weighted by molar-refractivity contribution is -0.140. The van der Waals surface area contributed by atoms with Crippen LogP contribution in [0, 0.1) is 0 Å². The maximum absolute atomic E-state index is 12.9. The number of fused-ring (bicyclic) bond motifs is 1. The maximum Gasteiger partial charge on any atom is 0.434 e. The summed E-state index contributed by atoms with van der Waals surface area (Å²) in [6.45, 7) is 3.81. The molecule has 0 aliphatic carbocycles. The molecule has 4 rings (SSSR count). The minimum atomic E-state index is -4.47. The highest BCUT2D eigenvalue weighted by atomic mass is 19.4. The molecule has 0 amide bonds. The smallest absolute Gasteiger partial charge is 0.351 e. The summed E-state index contributed by atoms with van der Waals surface area (Å²) in [6, 6.07) is 3.97. The number of alkyl halides is 3. The molecule has 9 heteroatoms. The van der Waals surface area contributed by atoms with Gasteiger partial charge < -0.3 is 9.30 Å². The highest BCUT2D eigenvalue weighted by Crippen LogP contribution is 2.30. The summed E-state index contributed by atoms with van der Waals surface area (Å²) >= 11 is 0. The molecule has 0 bridgehead atoms. The number of pyridine rings is 1. The monoisotopic (exact) mass is 362 g/mol. The molecular weight excluding hydrogens is 345 g/mol. The predicted molar refractivity (Wildman–Crippen MR) is 89.7 cm³/mol. The fourth-order valence-electron chi connectivity index (χ4n) is 3.13. The van der Waals surface area contributed by atoms with Crippen LogP contribution < -0.4 is 4.90 Å². The van der Waals surface area contributed by atoms with E-state index in [0.717, 1.165) is 25.8 Å².